The fraction of sp³-hybridized carbons (Fsp3) is 0.111. The molecule has 0 radical (unpaired) electrons. The molecule has 4 rings (SSSR count). The molecule has 2 aromatic heterocycles. The van der Waals surface area contributed by atoms with E-state index in [0.717, 1.165) is 4.73 Å². The molecule has 120 valence electrons. The van der Waals surface area contributed by atoms with Gasteiger partial charge in [-0.05, 0) is 18.2 Å². The maximum Gasteiger partial charge on any atom is 0.434 e. The molecule has 6 nitrogen and oxygen atoms in total. The number of aromatic nitrogens is 1. The van der Waals surface area contributed by atoms with E-state index in [1.54, 1.807) is 32.3 Å². The Labute approximate surface area is 136 Å². The topological polar surface area (TPSA) is 64.7 Å². The van der Waals surface area contributed by atoms with Crippen LogP contribution in [0.3, 0.4) is 0 Å². The van der Waals surface area contributed by atoms with E-state index in [2.05, 4.69) is 0 Å². The van der Waals surface area contributed by atoms with Crippen molar-refractivity contribution in [3.63, 3.8) is 0 Å². The summed E-state index contributed by atoms with van der Waals surface area (Å²) in [5.41, 5.74) is 1.16. The normalized spacial score (nSPS) is 11.2. The number of rotatable bonds is 1. The van der Waals surface area contributed by atoms with Gasteiger partial charge in [0.25, 0.3) is 5.56 Å². The third-order valence-corrected chi connectivity index (χ3v) is 3.90. The number of hydrogen-bond acceptors (Lipinski definition) is 4. The Morgan fingerprint density at radius 2 is 1.71 bits per heavy atom. The van der Waals surface area contributed by atoms with Crippen LogP contribution in [0.2, 0.25) is 0 Å². The van der Waals surface area contributed by atoms with Crippen molar-refractivity contribution in [3.05, 3.63) is 58.9 Å². The number of para-hydroxylation sites is 2. The molecule has 0 unspecified atom stereocenters. The Balaban J connectivity index is 2.17. The lowest BCUT2D eigenvalue weighted by Crippen LogP contribution is -2.36. The summed E-state index contributed by atoms with van der Waals surface area (Å²) in [6.07, 6.45) is -0.630. The lowest BCUT2D eigenvalue weighted by atomic mass is 10.1. The summed E-state index contributed by atoms with van der Waals surface area (Å²) >= 11 is 0. The van der Waals surface area contributed by atoms with E-state index in [1.165, 1.54) is 4.90 Å². The van der Waals surface area contributed by atoms with Crippen LogP contribution in [0.25, 0.3) is 32.8 Å². The van der Waals surface area contributed by atoms with Crippen LogP contribution in [-0.4, -0.2) is 29.8 Å². The Bertz CT molecular complexity index is 1150. The number of hydrogen-bond donors (Lipinski definition) is 0. The molecule has 24 heavy (non-hydrogen) atoms. The molecule has 4 aromatic rings. The predicted molar refractivity (Wildman–Crippen MR) is 91.1 cm³/mol. The van der Waals surface area contributed by atoms with E-state index < -0.39 is 11.7 Å². The second-order valence-corrected chi connectivity index (χ2v) is 5.67. The van der Waals surface area contributed by atoms with Gasteiger partial charge in [-0.2, -0.15) is 0 Å². The van der Waals surface area contributed by atoms with Crippen LogP contribution < -0.4 is 10.4 Å². The highest BCUT2D eigenvalue weighted by atomic mass is 16.7. The number of fused-ring (bicyclic) bond motifs is 5. The average molecular weight is 322 g/mol. The number of pyridine rings is 1. The van der Waals surface area contributed by atoms with E-state index in [0.29, 0.717) is 32.8 Å². The zero-order valence-electron chi connectivity index (χ0n) is 13.1. The Morgan fingerprint density at radius 3 is 2.46 bits per heavy atom. The van der Waals surface area contributed by atoms with Crippen molar-refractivity contribution >= 4 is 38.9 Å². The second-order valence-electron chi connectivity index (χ2n) is 5.67. The number of furan rings is 1. The second kappa shape index (κ2) is 5.13. The third-order valence-electron chi connectivity index (χ3n) is 3.90. The highest BCUT2D eigenvalue weighted by Crippen LogP contribution is 2.31. The summed E-state index contributed by atoms with van der Waals surface area (Å²) in [5.74, 6) is 0. The summed E-state index contributed by atoms with van der Waals surface area (Å²) in [4.78, 5) is 31.5. The van der Waals surface area contributed by atoms with Crippen molar-refractivity contribution < 1.29 is 14.0 Å². The van der Waals surface area contributed by atoms with Crippen molar-refractivity contribution in [1.29, 1.82) is 0 Å². The van der Waals surface area contributed by atoms with E-state index in [9.17, 15) is 9.59 Å². The van der Waals surface area contributed by atoms with E-state index in [-0.39, 0.29) is 0 Å². The van der Waals surface area contributed by atoms with Gasteiger partial charge in [0.1, 0.15) is 5.58 Å². The van der Waals surface area contributed by atoms with Gasteiger partial charge in [0.2, 0.25) is 0 Å². The molecule has 1 amide bonds. The van der Waals surface area contributed by atoms with Crippen molar-refractivity contribution in [3.8, 4) is 0 Å². The van der Waals surface area contributed by atoms with Crippen LogP contribution >= 0.6 is 0 Å². The van der Waals surface area contributed by atoms with Crippen molar-refractivity contribution in [2.75, 3.05) is 14.1 Å². The molecule has 0 bridgehead atoms. The molecule has 0 fully saturated rings. The Kier molecular flexibility index (Phi) is 3.06. The van der Waals surface area contributed by atoms with E-state index >= 15 is 0 Å². The fourth-order valence-corrected chi connectivity index (χ4v) is 2.75. The molecular formula is C18H14N2O4. The van der Waals surface area contributed by atoms with Gasteiger partial charge in [-0.25, -0.2) is 4.79 Å². The Morgan fingerprint density at radius 1 is 1.04 bits per heavy atom. The molecule has 0 aliphatic rings. The summed E-state index contributed by atoms with van der Waals surface area (Å²) in [6, 6.07) is 14.5. The lowest BCUT2D eigenvalue weighted by Gasteiger charge is -2.13. The van der Waals surface area contributed by atoms with Gasteiger partial charge in [0.05, 0.1) is 10.9 Å². The summed E-state index contributed by atoms with van der Waals surface area (Å²) in [7, 11) is 3.11. The lowest BCUT2D eigenvalue weighted by molar-refractivity contribution is 0.108. The minimum absolute atomic E-state index is 0.399. The van der Waals surface area contributed by atoms with Crippen LogP contribution in [0.4, 0.5) is 4.79 Å². The minimum atomic E-state index is -0.630. The first-order valence-electron chi connectivity index (χ1n) is 7.42. The zero-order chi connectivity index (χ0) is 16.8. The maximum atomic E-state index is 13.0. The van der Waals surface area contributed by atoms with Crippen molar-refractivity contribution in [2.45, 2.75) is 0 Å². The molecule has 6 heteroatoms. The molecule has 2 aromatic carbocycles. The predicted octanol–water partition coefficient (Wildman–Crippen LogP) is 3.01. The van der Waals surface area contributed by atoms with Crippen molar-refractivity contribution in [1.82, 2.24) is 9.63 Å². The minimum Gasteiger partial charge on any atom is -0.455 e. The first-order valence-corrected chi connectivity index (χ1v) is 7.42. The van der Waals surface area contributed by atoms with Crippen LogP contribution in [0.15, 0.2) is 57.7 Å². The highest BCUT2D eigenvalue weighted by molar-refractivity contribution is 6.13. The average Bonchev–Trinajstić information content (AvgIpc) is 2.98. The van der Waals surface area contributed by atoms with Gasteiger partial charge < -0.3 is 14.2 Å². The quantitative estimate of drug-likeness (QED) is 0.540. The maximum absolute atomic E-state index is 13.0. The van der Waals surface area contributed by atoms with Crippen LogP contribution in [0.1, 0.15) is 0 Å². The first kappa shape index (κ1) is 14.3. The molecule has 0 saturated heterocycles. The van der Waals surface area contributed by atoms with Gasteiger partial charge in [-0.15, -0.1) is 4.73 Å². The van der Waals surface area contributed by atoms with E-state index in [1.807, 2.05) is 30.3 Å². The number of benzene rings is 2. The number of nitrogens with zero attached hydrogens (tertiary/aromatic N) is 2. The molecular weight excluding hydrogens is 308 g/mol. The summed E-state index contributed by atoms with van der Waals surface area (Å²) in [5, 5.41) is 1.80. The highest BCUT2D eigenvalue weighted by Gasteiger charge is 2.20. The molecule has 0 spiro atoms. The SMILES string of the molecule is CN(C)C(=O)On1c(=O)c2c3ccccc3oc2c2ccccc21. The number of carbonyl (C=O) groups is 1. The molecule has 0 aliphatic heterocycles. The Hall–Kier alpha value is -3.28. The van der Waals surface area contributed by atoms with Crippen LogP contribution in [0.5, 0.6) is 0 Å². The largest absolute Gasteiger partial charge is 0.455 e. The third kappa shape index (κ3) is 1.96. The van der Waals surface area contributed by atoms with Gasteiger partial charge in [-0.3, -0.25) is 4.79 Å². The number of amides is 1. The van der Waals surface area contributed by atoms with Crippen LogP contribution in [0, 0.1) is 0 Å². The zero-order valence-corrected chi connectivity index (χ0v) is 13.1. The fourth-order valence-electron chi connectivity index (χ4n) is 2.75. The number of carbonyl (C=O) groups excluding carboxylic acids is 1. The van der Waals surface area contributed by atoms with Gasteiger partial charge in [-0.1, -0.05) is 30.3 Å². The van der Waals surface area contributed by atoms with E-state index in [4.69, 9.17) is 9.25 Å². The molecule has 0 atom stereocenters. The summed E-state index contributed by atoms with van der Waals surface area (Å²) < 4.78 is 6.92. The van der Waals surface area contributed by atoms with Crippen molar-refractivity contribution in [2.24, 2.45) is 0 Å². The summed E-state index contributed by atoms with van der Waals surface area (Å²) in [6.45, 7) is 0. The standard InChI is InChI=1S/C18H14N2O4/c1-19(2)18(22)24-20-13-9-5-3-7-11(13)16-15(17(20)21)12-8-4-6-10-14(12)23-16/h3-10H,1-2H3. The molecule has 0 saturated carbocycles. The van der Waals surface area contributed by atoms with Gasteiger partial charge in [0.15, 0.2) is 5.58 Å². The first-order chi connectivity index (χ1) is 11.6. The smallest absolute Gasteiger partial charge is 0.434 e. The van der Waals surface area contributed by atoms with Crippen LogP contribution in [-0.2, 0) is 0 Å². The molecule has 0 N–H and O–H groups in total. The molecule has 0 aliphatic carbocycles. The van der Waals surface area contributed by atoms with Gasteiger partial charge >= 0.3 is 6.09 Å². The van der Waals surface area contributed by atoms with Gasteiger partial charge in [0, 0.05) is 24.9 Å². The monoisotopic (exact) mass is 322 g/mol. The molecule has 2 heterocycles.